The van der Waals surface area contributed by atoms with Crippen LogP contribution >= 0.6 is 0 Å². The number of fused-ring (bicyclic) bond motifs is 1. The first kappa shape index (κ1) is 28.7. The van der Waals surface area contributed by atoms with Gasteiger partial charge in [0.25, 0.3) is 11.8 Å². The molecule has 8 heteroatoms. The van der Waals surface area contributed by atoms with Gasteiger partial charge in [0, 0.05) is 37.0 Å². The summed E-state index contributed by atoms with van der Waals surface area (Å²) in [6, 6.07) is 13.3. The minimum Gasteiger partial charge on any atom is -0.326 e. The summed E-state index contributed by atoms with van der Waals surface area (Å²) in [5.41, 5.74) is 3.90. The molecule has 1 atom stereocenters. The fourth-order valence-corrected chi connectivity index (χ4v) is 5.82. The standard InChI is InChI=1S/C33H41N5O3/c1-21(2)9-7-13-29-35-36-31(38(29)25-15-16-25)24(20-30(39)34-28-17-14-22(3)19-23(28)4)10-8-18-37-32(40)26-11-5-6-12-27(26)33(37)41/h5-6,11-12,14,17,19,21,24-25H,7-10,13,15-16,18,20H2,1-4H3,(H,34,39). The molecule has 41 heavy (non-hydrogen) atoms. The topological polar surface area (TPSA) is 97.2 Å². The lowest BCUT2D eigenvalue weighted by Gasteiger charge is -2.20. The summed E-state index contributed by atoms with van der Waals surface area (Å²) in [6.45, 7) is 8.80. The normalized spacial score (nSPS) is 15.5. The van der Waals surface area contributed by atoms with Crippen LogP contribution in [0.2, 0.25) is 0 Å². The SMILES string of the molecule is Cc1ccc(NC(=O)CC(CCCN2C(=O)c3ccccc3C2=O)c2nnc(CCCC(C)C)n2C2CC2)c(C)c1. The van der Waals surface area contributed by atoms with Gasteiger partial charge in [0.1, 0.15) is 11.6 Å². The average Bonchev–Trinajstić information content (AvgIpc) is 3.65. The third-order valence-corrected chi connectivity index (χ3v) is 8.15. The van der Waals surface area contributed by atoms with Crippen LogP contribution in [0, 0.1) is 19.8 Å². The Morgan fingerprint density at radius 1 is 0.976 bits per heavy atom. The van der Waals surface area contributed by atoms with E-state index in [9.17, 15) is 14.4 Å². The van der Waals surface area contributed by atoms with Crippen molar-refractivity contribution < 1.29 is 14.4 Å². The smallest absolute Gasteiger partial charge is 0.261 e. The zero-order valence-corrected chi connectivity index (χ0v) is 24.7. The van der Waals surface area contributed by atoms with Crippen molar-refractivity contribution >= 4 is 23.4 Å². The van der Waals surface area contributed by atoms with Crippen LogP contribution in [-0.2, 0) is 11.2 Å². The number of imide groups is 1. The Labute approximate surface area is 242 Å². The number of hydrogen-bond donors (Lipinski definition) is 1. The van der Waals surface area contributed by atoms with E-state index < -0.39 is 0 Å². The molecule has 5 rings (SSSR count). The second-order valence-electron chi connectivity index (χ2n) is 12.1. The van der Waals surface area contributed by atoms with Crippen LogP contribution in [0.3, 0.4) is 0 Å². The number of nitrogens with one attached hydrogen (secondary N) is 1. The minimum absolute atomic E-state index is 0.0746. The lowest BCUT2D eigenvalue weighted by Crippen LogP contribution is -2.31. The van der Waals surface area contributed by atoms with E-state index in [0.29, 0.717) is 42.5 Å². The molecule has 1 unspecified atom stereocenters. The summed E-state index contributed by atoms with van der Waals surface area (Å²) in [4.78, 5) is 40.5. The zero-order valence-electron chi connectivity index (χ0n) is 24.7. The van der Waals surface area contributed by atoms with Crippen molar-refractivity contribution in [2.24, 2.45) is 5.92 Å². The third kappa shape index (κ3) is 6.58. The monoisotopic (exact) mass is 555 g/mol. The van der Waals surface area contributed by atoms with Crippen LogP contribution in [0.15, 0.2) is 42.5 Å². The molecule has 0 spiro atoms. The predicted octanol–water partition coefficient (Wildman–Crippen LogP) is 6.40. The maximum atomic E-state index is 13.4. The van der Waals surface area contributed by atoms with E-state index >= 15 is 0 Å². The molecule has 2 heterocycles. The molecule has 1 fully saturated rings. The van der Waals surface area contributed by atoms with E-state index in [0.717, 1.165) is 60.6 Å². The van der Waals surface area contributed by atoms with Gasteiger partial charge in [-0.3, -0.25) is 19.3 Å². The molecule has 216 valence electrons. The van der Waals surface area contributed by atoms with E-state index in [1.807, 2.05) is 26.0 Å². The van der Waals surface area contributed by atoms with Gasteiger partial charge in [-0.15, -0.1) is 10.2 Å². The van der Waals surface area contributed by atoms with Gasteiger partial charge in [0.2, 0.25) is 5.91 Å². The summed E-state index contributed by atoms with van der Waals surface area (Å²) in [7, 11) is 0. The van der Waals surface area contributed by atoms with Gasteiger partial charge in [-0.05, 0) is 75.6 Å². The van der Waals surface area contributed by atoms with E-state index in [4.69, 9.17) is 0 Å². The van der Waals surface area contributed by atoms with Gasteiger partial charge in [-0.1, -0.05) is 50.1 Å². The van der Waals surface area contributed by atoms with E-state index in [1.54, 1.807) is 24.3 Å². The maximum Gasteiger partial charge on any atom is 0.261 e. The Morgan fingerprint density at radius 2 is 1.68 bits per heavy atom. The van der Waals surface area contributed by atoms with Gasteiger partial charge >= 0.3 is 0 Å². The molecule has 0 bridgehead atoms. The molecule has 1 aliphatic heterocycles. The zero-order chi connectivity index (χ0) is 29.1. The summed E-state index contributed by atoms with van der Waals surface area (Å²) in [6.07, 6.45) is 6.70. The van der Waals surface area contributed by atoms with Crippen molar-refractivity contribution in [3.05, 3.63) is 76.4 Å². The van der Waals surface area contributed by atoms with E-state index in [-0.39, 0.29) is 30.1 Å². The van der Waals surface area contributed by atoms with Gasteiger partial charge in [-0.2, -0.15) is 0 Å². The van der Waals surface area contributed by atoms with Crippen LogP contribution in [0.25, 0.3) is 0 Å². The van der Waals surface area contributed by atoms with E-state index in [2.05, 4.69) is 40.0 Å². The summed E-state index contributed by atoms with van der Waals surface area (Å²) in [5, 5.41) is 12.4. The van der Waals surface area contributed by atoms with Gasteiger partial charge in [0.05, 0.1) is 11.1 Å². The number of carbonyl (C=O) groups is 3. The number of nitrogens with zero attached hydrogens (tertiary/aromatic N) is 4. The number of aromatic nitrogens is 3. The Hall–Kier alpha value is -3.81. The highest BCUT2D eigenvalue weighted by molar-refractivity contribution is 6.21. The van der Waals surface area contributed by atoms with Crippen LogP contribution in [0.1, 0.15) is 114 Å². The first-order valence-corrected chi connectivity index (χ1v) is 15.0. The van der Waals surface area contributed by atoms with Crippen molar-refractivity contribution in [1.82, 2.24) is 19.7 Å². The fraction of sp³-hybridized carbons (Fsp3) is 0.485. The molecule has 8 nitrogen and oxygen atoms in total. The molecule has 1 saturated carbocycles. The lowest BCUT2D eigenvalue weighted by molar-refractivity contribution is -0.116. The van der Waals surface area contributed by atoms with E-state index in [1.165, 1.54) is 4.90 Å². The van der Waals surface area contributed by atoms with Gasteiger partial charge in [-0.25, -0.2) is 0 Å². The van der Waals surface area contributed by atoms with Crippen molar-refractivity contribution in [3.8, 4) is 0 Å². The molecular weight excluding hydrogens is 514 g/mol. The highest BCUT2D eigenvalue weighted by Gasteiger charge is 2.36. The second kappa shape index (κ2) is 12.4. The first-order chi connectivity index (χ1) is 19.7. The Kier molecular flexibility index (Phi) is 8.66. The van der Waals surface area contributed by atoms with Crippen molar-refractivity contribution in [1.29, 1.82) is 0 Å². The van der Waals surface area contributed by atoms with Crippen LogP contribution in [0.4, 0.5) is 5.69 Å². The molecule has 1 aromatic heterocycles. The largest absolute Gasteiger partial charge is 0.326 e. The van der Waals surface area contributed by atoms with Crippen LogP contribution in [0.5, 0.6) is 0 Å². The third-order valence-electron chi connectivity index (χ3n) is 8.15. The number of amides is 3. The number of aryl methyl sites for hydroxylation is 3. The molecular formula is C33H41N5O3. The minimum atomic E-state index is -0.247. The lowest BCUT2D eigenvalue weighted by atomic mass is 9.97. The van der Waals surface area contributed by atoms with Gasteiger partial charge < -0.3 is 9.88 Å². The Balaban J connectivity index is 1.33. The Bertz CT molecular complexity index is 1400. The number of rotatable bonds is 13. The number of carbonyl (C=O) groups excluding carboxylic acids is 3. The molecule has 1 aliphatic carbocycles. The molecule has 3 aromatic rings. The van der Waals surface area contributed by atoms with Crippen molar-refractivity contribution in [2.75, 3.05) is 11.9 Å². The van der Waals surface area contributed by atoms with Crippen molar-refractivity contribution in [3.63, 3.8) is 0 Å². The molecule has 1 N–H and O–H groups in total. The quantitative estimate of drug-likeness (QED) is 0.246. The number of anilines is 1. The van der Waals surface area contributed by atoms with Gasteiger partial charge in [0.15, 0.2) is 0 Å². The summed E-state index contributed by atoms with van der Waals surface area (Å²) in [5.74, 6) is 1.74. The molecule has 0 radical (unpaired) electrons. The predicted molar refractivity (Wildman–Crippen MR) is 159 cm³/mol. The number of benzene rings is 2. The Morgan fingerprint density at radius 3 is 2.32 bits per heavy atom. The van der Waals surface area contributed by atoms with Crippen molar-refractivity contribution in [2.45, 2.75) is 91.0 Å². The second-order valence-corrected chi connectivity index (χ2v) is 12.1. The highest BCUT2D eigenvalue weighted by Crippen LogP contribution is 2.40. The maximum absolute atomic E-state index is 13.4. The average molecular weight is 556 g/mol. The molecule has 2 aliphatic rings. The number of hydrogen-bond acceptors (Lipinski definition) is 5. The summed E-state index contributed by atoms with van der Waals surface area (Å²) < 4.78 is 2.29. The fourth-order valence-electron chi connectivity index (χ4n) is 5.82. The van der Waals surface area contributed by atoms with Crippen LogP contribution in [-0.4, -0.2) is 43.9 Å². The first-order valence-electron chi connectivity index (χ1n) is 15.0. The van der Waals surface area contributed by atoms with Crippen LogP contribution < -0.4 is 5.32 Å². The molecule has 0 saturated heterocycles. The summed E-state index contributed by atoms with van der Waals surface area (Å²) >= 11 is 0. The highest BCUT2D eigenvalue weighted by atomic mass is 16.2. The molecule has 2 aromatic carbocycles. The molecule has 3 amide bonds.